The number of benzene rings is 1. The van der Waals surface area contributed by atoms with Crippen molar-refractivity contribution >= 4 is 23.2 Å². The number of halogens is 1. The number of thiophene rings is 1. The highest BCUT2D eigenvalue weighted by Gasteiger charge is 2.33. The fourth-order valence-electron chi connectivity index (χ4n) is 3.60. The van der Waals surface area contributed by atoms with Gasteiger partial charge in [0.05, 0.1) is 12.6 Å². The van der Waals surface area contributed by atoms with Crippen LogP contribution < -0.4 is 4.74 Å². The van der Waals surface area contributed by atoms with E-state index in [1.807, 2.05) is 25.3 Å². The third-order valence-corrected chi connectivity index (χ3v) is 6.00. The van der Waals surface area contributed by atoms with Crippen LogP contribution in [0.25, 0.3) is 0 Å². The minimum absolute atomic E-state index is 0.0448. The van der Waals surface area contributed by atoms with Crippen LogP contribution in [0.5, 0.6) is 5.75 Å². The molecule has 1 aliphatic heterocycles. The first kappa shape index (κ1) is 21.3. The lowest BCUT2D eigenvalue weighted by Crippen LogP contribution is -2.48. The van der Waals surface area contributed by atoms with Gasteiger partial charge in [0.2, 0.25) is 11.8 Å². The molecule has 0 saturated carbocycles. The summed E-state index contributed by atoms with van der Waals surface area (Å²) < 4.78 is 19.7. The van der Waals surface area contributed by atoms with Gasteiger partial charge < -0.3 is 14.5 Å². The molecular formula is C22H27FN2O3S. The standard InChI is InChI=1S/C22H27FN2O3S/c1-15(2)12-24(16(3)26)13-22(27)25-10-8-21-17(9-11-29-21)19(25)14-28-20-7-5-4-6-18(20)23/h4-7,9,11,15,19H,8,10,12-14H2,1-3H3/t19-/m1/s1. The van der Waals surface area contributed by atoms with Crippen LogP contribution in [0.4, 0.5) is 4.39 Å². The van der Waals surface area contributed by atoms with E-state index in [2.05, 4.69) is 0 Å². The van der Waals surface area contributed by atoms with Gasteiger partial charge in [-0.1, -0.05) is 26.0 Å². The zero-order valence-electron chi connectivity index (χ0n) is 17.1. The van der Waals surface area contributed by atoms with E-state index >= 15 is 0 Å². The van der Waals surface area contributed by atoms with E-state index < -0.39 is 5.82 Å². The molecule has 1 aliphatic rings. The average Bonchev–Trinajstić information content (AvgIpc) is 3.15. The van der Waals surface area contributed by atoms with Crippen LogP contribution in [0, 0.1) is 11.7 Å². The monoisotopic (exact) mass is 418 g/mol. The molecule has 0 bridgehead atoms. The minimum Gasteiger partial charge on any atom is -0.488 e. The van der Waals surface area contributed by atoms with Gasteiger partial charge in [-0.25, -0.2) is 4.39 Å². The number of carbonyl (C=O) groups excluding carboxylic acids is 2. The van der Waals surface area contributed by atoms with Gasteiger partial charge in [-0.2, -0.15) is 0 Å². The third-order valence-electron chi connectivity index (χ3n) is 5.01. The van der Waals surface area contributed by atoms with Crippen molar-refractivity contribution in [2.45, 2.75) is 33.2 Å². The van der Waals surface area contributed by atoms with Gasteiger partial charge in [0.1, 0.15) is 6.61 Å². The highest BCUT2D eigenvalue weighted by molar-refractivity contribution is 7.10. The summed E-state index contributed by atoms with van der Waals surface area (Å²) in [6.07, 6.45) is 0.777. The fourth-order valence-corrected chi connectivity index (χ4v) is 4.53. The second kappa shape index (κ2) is 9.39. The Morgan fingerprint density at radius 2 is 2.07 bits per heavy atom. The van der Waals surface area contributed by atoms with Crippen molar-refractivity contribution in [2.75, 3.05) is 26.2 Å². The molecule has 1 atom stereocenters. The number of hydrogen-bond acceptors (Lipinski definition) is 4. The van der Waals surface area contributed by atoms with E-state index in [-0.39, 0.29) is 42.7 Å². The van der Waals surface area contributed by atoms with E-state index in [4.69, 9.17) is 4.74 Å². The molecule has 0 radical (unpaired) electrons. The maximum absolute atomic E-state index is 14.0. The summed E-state index contributed by atoms with van der Waals surface area (Å²) in [7, 11) is 0. The fraction of sp³-hybridized carbons (Fsp3) is 0.455. The molecule has 2 heterocycles. The Hall–Kier alpha value is -2.41. The normalized spacial score (nSPS) is 15.9. The Kier molecular flexibility index (Phi) is 6.90. The summed E-state index contributed by atoms with van der Waals surface area (Å²) >= 11 is 1.66. The van der Waals surface area contributed by atoms with Gasteiger partial charge in [-0.3, -0.25) is 9.59 Å². The van der Waals surface area contributed by atoms with E-state index in [9.17, 15) is 14.0 Å². The van der Waals surface area contributed by atoms with Crippen molar-refractivity contribution in [3.05, 3.63) is 52.0 Å². The van der Waals surface area contributed by atoms with E-state index in [0.717, 1.165) is 12.0 Å². The van der Waals surface area contributed by atoms with Crippen molar-refractivity contribution in [2.24, 2.45) is 5.92 Å². The Morgan fingerprint density at radius 1 is 1.31 bits per heavy atom. The summed E-state index contributed by atoms with van der Waals surface area (Å²) in [6, 6.07) is 7.97. The summed E-state index contributed by atoms with van der Waals surface area (Å²) in [6.45, 7) is 6.83. The molecule has 1 aromatic carbocycles. The minimum atomic E-state index is -0.425. The molecule has 5 nitrogen and oxygen atoms in total. The van der Waals surface area contributed by atoms with Crippen LogP contribution in [0.2, 0.25) is 0 Å². The second-order valence-electron chi connectivity index (χ2n) is 7.69. The Balaban J connectivity index is 1.77. The third kappa shape index (κ3) is 5.15. The van der Waals surface area contributed by atoms with Crippen LogP contribution in [-0.4, -0.2) is 47.9 Å². The Labute approximate surface area is 175 Å². The first-order chi connectivity index (χ1) is 13.9. The lowest BCUT2D eigenvalue weighted by atomic mass is 10.0. The topological polar surface area (TPSA) is 49.9 Å². The van der Waals surface area contributed by atoms with Gasteiger partial charge in [0.25, 0.3) is 0 Å². The van der Waals surface area contributed by atoms with E-state index in [1.165, 1.54) is 17.9 Å². The first-order valence-electron chi connectivity index (χ1n) is 9.85. The number of fused-ring (bicyclic) bond motifs is 1. The van der Waals surface area contributed by atoms with Crippen LogP contribution in [0.3, 0.4) is 0 Å². The molecule has 0 aliphatic carbocycles. The van der Waals surface area contributed by atoms with Gasteiger partial charge in [0, 0.05) is 24.9 Å². The number of nitrogens with zero attached hydrogens (tertiary/aromatic N) is 2. The van der Waals surface area contributed by atoms with Gasteiger partial charge in [-0.05, 0) is 41.5 Å². The highest BCUT2D eigenvalue weighted by Crippen LogP contribution is 2.34. The largest absolute Gasteiger partial charge is 0.488 e. The molecule has 3 rings (SSSR count). The molecule has 0 N–H and O–H groups in total. The lowest BCUT2D eigenvalue weighted by Gasteiger charge is -2.37. The van der Waals surface area contributed by atoms with Crippen LogP contribution >= 0.6 is 11.3 Å². The SMILES string of the molecule is CC(=O)N(CC(=O)N1CCc2sccc2[C@H]1COc1ccccc1F)CC(C)C. The molecule has 29 heavy (non-hydrogen) atoms. The second-order valence-corrected chi connectivity index (χ2v) is 8.69. The van der Waals surface area contributed by atoms with Crippen molar-refractivity contribution in [3.63, 3.8) is 0 Å². The van der Waals surface area contributed by atoms with Crippen molar-refractivity contribution < 1.29 is 18.7 Å². The first-order valence-corrected chi connectivity index (χ1v) is 10.7. The smallest absolute Gasteiger partial charge is 0.242 e. The molecule has 1 aromatic heterocycles. The predicted octanol–water partition coefficient (Wildman–Crippen LogP) is 3.90. The molecule has 2 amide bonds. The maximum Gasteiger partial charge on any atom is 0.242 e. The van der Waals surface area contributed by atoms with Crippen LogP contribution in [0.15, 0.2) is 35.7 Å². The van der Waals surface area contributed by atoms with E-state index in [0.29, 0.717) is 13.1 Å². The average molecular weight is 419 g/mol. The Bertz CT molecular complexity index is 867. The number of rotatable bonds is 7. The molecule has 0 fully saturated rings. The molecule has 7 heteroatoms. The molecule has 0 spiro atoms. The Morgan fingerprint density at radius 3 is 2.76 bits per heavy atom. The van der Waals surface area contributed by atoms with Crippen molar-refractivity contribution in [1.82, 2.24) is 9.80 Å². The maximum atomic E-state index is 14.0. The molecule has 2 aromatic rings. The number of carbonyl (C=O) groups is 2. The van der Waals surface area contributed by atoms with Gasteiger partial charge in [0.15, 0.2) is 11.6 Å². The highest BCUT2D eigenvalue weighted by atomic mass is 32.1. The van der Waals surface area contributed by atoms with Gasteiger partial charge >= 0.3 is 0 Å². The van der Waals surface area contributed by atoms with Crippen molar-refractivity contribution in [3.8, 4) is 5.75 Å². The number of para-hydroxylation sites is 1. The van der Waals surface area contributed by atoms with Crippen LogP contribution in [0.1, 0.15) is 37.3 Å². The lowest BCUT2D eigenvalue weighted by molar-refractivity contribution is -0.142. The summed E-state index contributed by atoms with van der Waals surface area (Å²) in [4.78, 5) is 29.7. The zero-order valence-corrected chi connectivity index (χ0v) is 17.9. The van der Waals surface area contributed by atoms with Crippen LogP contribution in [-0.2, 0) is 16.0 Å². The number of amides is 2. The summed E-state index contributed by atoms with van der Waals surface area (Å²) in [5.41, 5.74) is 1.05. The number of hydrogen-bond donors (Lipinski definition) is 0. The number of ether oxygens (including phenoxy) is 1. The van der Waals surface area contributed by atoms with E-state index in [1.54, 1.807) is 39.3 Å². The zero-order chi connectivity index (χ0) is 21.0. The summed E-state index contributed by atoms with van der Waals surface area (Å²) in [5.74, 6) is -0.199. The molecular weight excluding hydrogens is 391 g/mol. The summed E-state index contributed by atoms with van der Waals surface area (Å²) in [5, 5.41) is 2.01. The molecule has 0 saturated heterocycles. The predicted molar refractivity (Wildman–Crippen MR) is 111 cm³/mol. The quantitative estimate of drug-likeness (QED) is 0.685. The van der Waals surface area contributed by atoms with Gasteiger partial charge in [-0.15, -0.1) is 11.3 Å². The van der Waals surface area contributed by atoms with Crippen molar-refractivity contribution in [1.29, 1.82) is 0 Å². The molecule has 0 unspecified atom stereocenters. The molecule has 156 valence electrons.